The van der Waals surface area contributed by atoms with E-state index in [0.29, 0.717) is 33.1 Å². The third-order valence-electron chi connectivity index (χ3n) is 3.50. The first kappa shape index (κ1) is 19.1. The Kier molecular flexibility index (Phi) is 6.25. The van der Waals surface area contributed by atoms with Gasteiger partial charge in [0.05, 0.1) is 4.91 Å². The Morgan fingerprint density at radius 2 is 2.22 bits per heavy atom. The number of ether oxygens (including phenoxy) is 1. The van der Waals surface area contributed by atoms with Crippen LogP contribution in [-0.4, -0.2) is 45.2 Å². The number of aliphatic carboxylic acids is 1. The molecule has 1 N–H and O–H groups in total. The van der Waals surface area contributed by atoms with Gasteiger partial charge in [-0.25, -0.2) is 9.78 Å². The van der Waals surface area contributed by atoms with Crippen molar-refractivity contribution in [2.75, 3.05) is 13.2 Å². The number of aliphatic imine (C=N–C) groups is 1. The van der Waals surface area contributed by atoms with Crippen molar-refractivity contribution in [2.45, 2.75) is 13.3 Å². The van der Waals surface area contributed by atoms with Gasteiger partial charge in [-0.2, -0.15) is 4.99 Å². The van der Waals surface area contributed by atoms with Crippen LogP contribution in [0.2, 0.25) is 0 Å². The van der Waals surface area contributed by atoms with E-state index in [1.807, 2.05) is 12.3 Å². The Balaban J connectivity index is 1.90. The zero-order valence-corrected chi connectivity index (χ0v) is 16.1. The molecule has 1 aliphatic heterocycles. The van der Waals surface area contributed by atoms with Crippen molar-refractivity contribution >= 4 is 51.4 Å². The Labute approximate surface area is 164 Å². The fraction of sp³-hybridized carbons (Fsp3) is 0.222. The zero-order chi connectivity index (χ0) is 19.2. The van der Waals surface area contributed by atoms with E-state index in [9.17, 15) is 9.59 Å². The molecule has 27 heavy (non-hydrogen) atoms. The first-order valence-electron chi connectivity index (χ1n) is 8.21. The second kappa shape index (κ2) is 8.83. The van der Waals surface area contributed by atoms with Gasteiger partial charge in [0.2, 0.25) is 5.13 Å². The monoisotopic (exact) mass is 403 g/mol. The molecule has 0 unspecified atom stereocenters. The average molecular weight is 403 g/mol. The number of benzene rings is 1. The van der Waals surface area contributed by atoms with E-state index in [0.717, 1.165) is 6.42 Å². The summed E-state index contributed by atoms with van der Waals surface area (Å²) in [5.74, 6) is -0.783. The molecule has 1 aliphatic rings. The van der Waals surface area contributed by atoms with Crippen LogP contribution < -0.4 is 4.74 Å². The summed E-state index contributed by atoms with van der Waals surface area (Å²) in [7, 11) is 0. The van der Waals surface area contributed by atoms with E-state index < -0.39 is 12.6 Å². The summed E-state index contributed by atoms with van der Waals surface area (Å²) in [6, 6.07) is 7.01. The van der Waals surface area contributed by atoms with Crippen molar-refractivity contribution in [1.29, 1.82) is 0 Å². The number of carbonyl (C=O) groups excluding carboxylic acids is 1. The van der Waals surface area contributed by atoms with Gasteiger partial charge in [-0.15, -0.1) is 11.3 Å². The van der Waals surface area contributed by atoms with Crippen LogP contribution in [0.15, 0.2) is 45.7 Å². The van der Waals surface area contributed by atoms with Crippen LogP contribution in [0, 0.1) is 0 Å². The quantitative estimate of drug-likeness (QED) is 0.710. The van der Waals surface area contributed by atoms with Crippen LogP contribution in [0.5, 0.6) is 5.75 Å². The molecule has 0 spiro atoms. The Bertz CT molecular complexity index is 894. The van der Waals surface area contributed by atoms with Crippen LogP contribution in [-0.2, 0) is 9.59 Å². The lowest BCUT2D eigenvalue weighted by Gasteiger charge is -2.13. The van der Waals surface area contributed by atoms with Crippen molar-refractivity contribution in [1.82, 2.24) is 9.88 Å². The second-order valence-corrected chi connectivity index (χ2v) is 7.38. The molecule has 7 nitrogen and oxygen atoms in total. The molecule has 0 saturated carbocycles. The molecule has 0 aliphatic carbocycles. The molecule has 140 valence electrons. The van der Waals surface area contributed by atoms with E-state index in [1.54, 1.807) is 41.4 Å². The number of thioether (sulfide) groups is 1. The molecule has 0 atom stereocenters. The molecule has 0 radical (unpaired) electrons. The summed E-state index contributed by atoms with van der Waals surface area (Å²) in [6.45, 7) is 2.11. The number of carboxylic acids is 1. The number of hydrogen-bond donors (Lipinski definition) is 1. The third-order valence-corrected chi connectivity index (χ3v) is 5.17. The number of carboxylic acid groups (broad SMARTS) is 1. The maximum atomic E-state index is 12.8. The lowest BCUT2D eigenvalue weighted by molar-refractivity contribution is -0.139. The van der Waals surface area contributed by atoms with Crippen molar-refractivity contribution in [2.24, 2.45) is 4.99 Å². The van der Waals surface area contributed by atoms with E-state index >= 15 is 0 Å². The highest BCUT2D eigenvalue weighted by Crippen LogP contribution is 2.35. The normalized spacial score (nSPS) is 17.1. The molecule has 1 saturated heterocycles. The van der Waals surface area contributed by atoms with Crippen LogP contribution in [0.3, 0.4) is 0 Å². The summed E-state index contributed by atoms with van der Waals surface area (Å²) in [5, 5.41) is 11.8. The van der Waals surface area contributed by atoms with Gasteiger partial charge in [0.25, 0.3) is 5.91 Å². The first-order chi connectivity index (χ1) is 13.1. The number of para-hydroxylation sites is 1. The predicted octanol–water partition coefficient (Wildman–Crippen LogP) is 3.62. The number of amides is 1. The maximum absolute atomic E-state index is 12.8. The topological polar surface area (TPSA) is 92.1 Å². The number of carbonyl (C=O) groups is 2. The summed E-state index contributed by atoms with van der Waals surface area (Å²) in [4.78, 5) is 34.4. The molecular weight excluding hydrogens is 386 g/mol. The maximum Gasteiger partial charge on any atom is 0.341 e. The molecule has 2 heterocycles. The molecule has 3 rings (SSSR count). The van der Waals surface area contributed by atoms with Gasteiger partial charge in [0.15, 0.2) is 11.8 Å². The van der Waals surface area contributed by atoms with Crippen LogP contribution in [0.1, 0.15) is 18.9 Å². The van der Waals surface area contributed by atoms with E-state index in [-0.39, 0.29) is 5.91 Å². The van der Waals surface area contributed by atoms with Crippen LogP contribution in [0.4, 0.5) is 5.13 Å². The summed E-state index contributed by atoms with van der Waals surface area (Å²) < 4.78 is 5.31. The molecule has 1 fully saturated rings. The van der Waals surface area contributed by atoms with Gasteiger partial charge in [0, 0.05) is 23.7 Å². The van der Waals surface area contributed by atoms with Crippen molar-refractivity contribution in [3.05, 3.63) is 46.3 Å². The van der Waals surface area contributed by atoms with Gasteiger partial charge in [-0.3, -0.25) is 9.69 Å². The summed E-state index contributed by atoms with van der Waals surface area (Å²) >= 11 is 2.68. The molecular formula is C18H17N3O4S2. The highest BCUT2D eigenvalue weighted by Gasteiger charge is 2.33. The number of aromatic nitrogens is 1. The minimum atomic E-state index is -1.06. The fourth-order valence-electron chi connectivity index (χ4n) is 2.38. The van der Waals surface area contributed by atoms with Crippen molar-refractivity contribution in [3.63, 3.8) is 0 Å². The highest BCUT2D eigenvalue weighted by atomic mass is 32.2. The zero-order valence-electron chi connectivity index (χ0n) is 14.5. The highest BCUT2D eigenvalue weighted by molar-refractivity contribution is 8.18. The molecule has 2 aromatic rings. The van der Waals surface area contributed by atoms with E-state index in [1.165, 1.54) is 23.1 Å². The van der Waals surface area contributed by atoms with Gasteiger partial charge in [-0.1, -0.05) is 25.1 Å². The largest absolute Gasteiger partial charge is 0.481 e. The first-order valence-corrected chi connectivity index (χ1v) is 9.91. The van der Waals surface area contributed by atoms with Gasteiger partial charge in [-0.05, 0) is 30.3 Å². The fourth-order valence-corrected chi connectivity index (χ4v) is 3.94. The smallest absolute Gasteiger partial charge is 0.341 e. The number of hydrogen-bond acceptors (Lipinski definition) is 7. The Hall–Kier alpha value is -2.65. The lowest BCUT2D eigenvalue weighted by Crippen LogP contribution is -2.29. The Morgan fingerprint density at radius 3 is 2.93 bits per heavy atom. The number of amidine groups is 1. The minimum Gasteiger partial charge on any atom is -0.481 e. The predicted molar refractivity (Wildman–Crippen MR) is 106 cm³/mol. The van der Waals surface area contributed by atoms with E-state index in [2.05, 4.69) is 9.98 Å². The SMILES string of the molecule is CCCN1C(=O)/C(=C\c2ccccc2OCC(=O)O)S/C1=N/c1nccs1. The lowest BCUT2D eigenvalue weighted by atomic mass is 10.2. The van der Waals surface area contributed by atoms with Crippen molar-refractivity contribution < 1.29 is 19.4 Å². The second-order valence-electron chi connectivity index (χ2n) is 5.50. The van der Waals surface area contributed by atoms with Gasteiger partial charge in [0.1, 0.15) is 5.75 Å². The minimum absolute atomic E-state index is 0.134. The third kappa shape index (κ3) is 4.75. The molecule has 9 heteroatoms. The van der Waals surface area contributed by atoms with Crippen LogP contribution in [0.25, 0.3) is 6.08 Å². The van der Waals surface area contributed by atoms with E-state index in [4.69, 9.17) is 9.84 Å². The Morgan fingerprint density at radius 1 is 1.41 bits per heavy atom. The number of nitrogens with zero attached hydrogens (tertiary/aromatic N) is 3. The molecule has 1 aromatic carbocycles. The molecule has 1 aromatic heterocycles. The average Bonchev–Trinajstić information content (AvgIpc) is 3.25. The number of thiazole rings is 1. The molecule has 0 bridgehead atoms. The van der Waals surface area contributed by atoms with Gasteiger partial charge < -0.3 is 9.84 Å². The number of rotatable bonds is 7. The summed E-state index contributed by atoms with van der Waals surface area (Å²) in [6.07, 6.45) is 4.18. The molecule has 1 amide bonds. The van der Waals surface area contributed by atoms with Crippen LogP contribution >= 0.6 is 23.1 Å². The van der Waals surface area contributed by atoms with Gasteiger partial charge >= 0.3 is 5.97 Å². The standard InChI is InChI=1S/C18H17N3O4S2/c1-2-8-21-16(24)14(27-18(21)20-17-19-7-9-26-17)10-12-5-3-4-6-13(12)25-11-15(22)23/h3-7,9-10H,2,8,11H2,1H3,(H,22,23)/b14-10+,20-18+. The summed E-state index contributed by atoms with van der Waals surface area (Å²) in [5.41, 5.74) is 0.640. The van der Waals surface area contributed by atoms with Crippen molar-refractivity contribution in [3.8, 4) is 5.75 Å².